The molecule has 0 aliphatic carbocycles. The number of nitro benzene ring substituents is 1. The Labute approximate surface area is 137 Å². The molecule has 8 nitrogen and oxygen atoms in total. The highest BCUT2D eigenvalue weighted by atomic mass is 32.2. The smallest absolute Gasteiger partial charge is 0.339 e. The highest BCUT2D eigenvalue weighted by molar-refractivity contribution is 7.87. The van der Waals surface area contributed by atoms with E-state index in [0.29, 0.717) is 17.7 Å². The van der Waals surface area contributed by atoms with E-state index in [9.17, 15) is 23.3 Å². The number of carbonyl (C=O) groups is 1. The number of fused-ring (bicyclic) bond motifs is 1. The molecule has 0 saturated heterocycles. The maximum absolute atomic E-state index is 12.4. The molecule has 1 aliphatic rings. The number of anilines is 1. The molecule has 3 rings (SSSR count). The molecule has 1 N–H and O–H groups in total. The molecule has 0 aromatic heterocycles. The van der Waals surface area contributed by atoms with E-state index in [4.69, 9.17) is 4.18 Å². The van der Waals surface area contributed by atoms with Crippen LogP contribution in [0.4, 0.5) is 11.4 Å². The van der Waals surface area contributed by atoms with Crippen LogP contribution in [-0.2, 0) is 21.3 Å². The van der Waals surface area contributed by atoms with Gasteiger partial charge in [-0.3, -0.25) is 14.9 Å². The number of hydrogen-bond donors (Lipinski definition) is 1. The molecule has 0 saturated carbocycles. The zero-order valence-electron chi connectivity index (χ0n) is 12.3. The van der Waals surface area contributed by atoms with Crippen LogP contribution in [0, 0.1) is 10.1 Å². The van der Waals surface area contributed by atoms with E-state index in [1.807, 2.05) is 0 Å². The fourth-order valence-electron chi connectivity index (χ4n) is 2.34. The van der Waals surface area contributed by atoms with E-state index in [1.54, 1.807) is 0 Å². The molecule has 0 fully saturated rings. The largest absolute Gasteiger partial charge is 0.379 e. The summed E-state index contributed by atoms with van der Waals surface area (Å²) in [5, 5.41) is 13.4. The Balaban J connectivity index is 1.90. The Kier molecular flexibility index (Phi) is 3.94. The zero-order chi connectivity index (χ0) is 17.3. The van der Waals surface area contributed by atoms with Crippen LogP contribution in [0.5, 0.6) is 5.75 Å². The van der Waals surface area contributed by atoms with E-state index >= 15 is 0 Å². The molecular formula is C15H12N2O6S. The molecule has 0 radical (unpaired) electrons. The van der Waals surface area contributed by atoms with Crippen LogP contribution in [0.15, 0.2) is 47.4 Å². The van der Waals surface area contributed by atoms with E-state index in [-0.39, 0.29) is 28.7 Å². The second kappa shape index (κ2) is 5.93. The Morgan fingerprint density at radius 2 is 1.92 bits per heavy atom. The summed E-state index contributed by atoms with van der Waals surface area (Å²) in [6, 6.07) is 9.18. The summed E-state index contributed by atoms with van der Waals surface area (Å²) in [5.74, 6) is -0.263. The standard InChI is InChI=1S/C15H12N2O6S/c18-15-7-4-10-8-13(5-6-14(10)16-15)24(21,22)23-12-3-1-2-11(9-12)17(19)20/h1-3,5-6,8-9H,4,7H2,(H,16,18). The van der Waals surface area contributed by atoms with E-state index in [2.05, 4.69) is 5.32 Å². The van der Waals surface area contributed by atoms with Crippen molar-refractivity contribution in [3.8, 4) is 5.75 Å². The van der Waals surface area contributed by atoms with Crippen molar-refractivity contribution < 1.29 is 22.3 Å². The van der Waals surface area contributed by atoms with Gasteiger partial charge in [-0.05, 0) is 36.2 Å². The van der Waals surface area contributed by atoms with Gasteiger partial charge in [-0.25, -0.2) is 0 Å². The molecule has 2 aromatic carbocycles. The molecule has 0 spiro atoms. The molecule has 1 aliphatic heterocycles. The molecule has 0 unspecified atom stereocenters. The molecule has 0 atom stereocenters. The lowest BCUT2D eigenvalue weighted by atomic mass is 10.0. The minimum atomic E-state index is -4.14. The van der Waals surface area contributed by atoms with Crippen LogP contribution in [0.25, 0.3) is 0 Å². The molecule has 24 heavy (non-hydrogen) atoms. The third-order valence-electron chi connectivity index (χ3n) is 3.50. The number of non-ortho nitro benzene ring substituents is 1. The van der Waals surface area contributed by atoms with Crippen LogP contribution >= 0.6 is 0 Å². The lowest BCUT2D eigenvalue weighted by Crippen LogP contribution is -2.19. The van der Waals surface area contributed by atoms with Crippen LogP contribution in [0.1, 0.15) is 12.0 Å². The van der Waals surface area contributed by atoms with Crippen LogP contribution in [0.2, 0.25) is 0 Å². The fraction of sp³-hybridized carbons (Fsp3) is 0.133. The van der Waals surface area contributed by atoms with Crippen molar-refractivity contribution in [1.29, 1.82) is 0 Å². The van der Waals surface area contributed by atoms with Gasteiger partial charge in [-0.1, -0.05) is 6.07 Å². The fourth-order valence-corrected chi connectivity index (χ4v) is 3.31. The number of benzene rings is 2. The number of hydrogen-bond acceptors (Lipinski definition) is 6. The van der Waals surface area contributed by atoms with Gasteiger partial charge in [0.15, 0.2) is 0 Å². The highest BCUT2D eigenvalue weighted by Gasteiger charge is 2.22. The summed E-state index contributed by atoms with van der Waals surface area (Å²) in [6.45, 7) is 0. The average Bonchev–Trinajstić information content (AvgIpc) is 2.54. The minimum absolute atomic E-state index is 0.0797. The van der Waals surface area contributed by atoms with E-state index < -0.39 is 15.0 Å². The quantitative estimate of drug-likeness (QED) is 0.515. The molecular weight excluding hydrogens is 336 g/mol. The predicted molar refractivity (Wildman–Crippen MR) is 84.3 cm³/mol. The average molecular weight is 348 g/mol. The van der Waals surface area contributed by atoms with Crippen molar-refractivity contribution in [1.82, 2.24) is 0 Å². The number of nitrogens with zero attached hydrogens (tertiary/aromatic N) is 1. The van der Waals surface area contributed by atoms with Gasteiger partial charge in [0.05, 0.1) is 11.0 Å². The highest BCUT2D eigenvalue weighted by Crippen LogP contribution is 2.28. The lowest BCUT2D eigenvalue weighted by Gasteiger charge is -2.17. The van der Waals surface area contributed by atoms with Crippen molar-refractivity contribution in [2.45, 2.75) is 17.7 Å². The van der Waals surface area contributed by atoms with Crippen molar-refractivity contribution >= 4 is 27.4 Å². The molecule has 0 bridgehead atoms. The number of amides is 1. The maximum atomic E-state index is 12.4. The van der Waals surface area contributed by atoms with Gasteiger partial charge in [0.2, 0.25) is 5.91 Å². The minimum Gasteiger partial charge on any atom is -0.379 e. The van der Waals surface area contributed by atoms with Gasteiger partial charge >= 0.3 is 10.1 Å². The molecule has 1 heterocycles. The monoisotopic (exact) mass is 348 g/mol. The van der Waals surface area contributed by atoms with Gasteiger partial charge in [0.25, 0.3) is 5.69 Å². The second-order valence-electron chi connectivity index (χ2n) is 5.16. The van der Waals surface area contributed by atoms with Crippen molar-refractivity contribution in [3.63, 3.8) is 0 Å². The summed E-state index contributed by atoms with van der Waals surface area (Å²) >= 11 is 0. The summed E-state index contributed by atoms with van der Waals surface area (Å²) < 4.78 is 29.7. The van der Waals surface area contributed by atoms with Gasteiger partial charge < -0.3 is 9.50 Å². The normalized spacial score (nSPS) is 13.8. The van der Waals surface area contributed by atoms with Gasteiger partial charge in [0.1, 0.15) is 10.6 Å². The van der Waals surface area contributed by atoms with Crippen molar-refractivity contribution in [3.05, 3.63) is 58.1 Å². The van der Waals surface area contributed by atoms with Crippen LogP contribution in [-0.4, -0.2) is 19.2 Å². The van der Waals surface area contributed by atoms with E-state index in [1.165, 1.54) is 36.4 Å². The number of rotatable bonds is 4. The predicted octanol–water partition coefficient (Wildman–Crippen LogP) is 2.25. The SMILES string of the molecule is O=C1CCc2cc(S(=O)(=O)Oc3cccc([N+](=O)[O-])c3)ccc2N1. The first-order valence-electron chi connectivity index (χ1n) is 6.97. The summed E-state index contributed by atoms with van der Waals surface area (Å²) in [5.41, 5.74) is 0.995. The van der Waals surface area contributed by atoms with Crippen LogP contribution in [0.3, 0.4) is 0 Å². The molecule has 124 valence electrons. The van der Waals surface area contributed by atoms with Gasteiger partial charge in [0, 0.05) is 18.2 Å². The van der Waals surface area contributed by atoms with Crippen LogP contribution < -0.4 is 9.50 Å². The second-order valence-corrected chi connectivity index (χ2v) is 6.71. The van der Waals surface area contributed by atoms with Crippen molar-refractivity contribution in [2.24, 2.45) is 0 Å². The number of nitro groups is 1. The lowest BCUT2D eigenvalue weighted by molar-refractivity contribution is -0.384. The van der Waals surface area contributed by atoms with Crippen molar-refractivity contribution in [2.75, 3.05) is 5.32 Å². The number of carbonyl (C=O) groups excluding carboxylic acids is 1. The molecule has 9 heteroatoms. The Hall–Kier alpha value is -2.94. The number of nitrogens with one attached hydrogen (secondary N) is 1. The Morgan fingerprint density at radius 3 is 2.67 bits per heavy atom. The third-order valence-corrected chi connectivity index (χ3v) is 4.74. The summed E-state index contributed by atoms with van der Waals surface area (Å²) in [6.07, 6.45) is 0.712. The number of aryl methyl sites for hydroxylation is 1. The first-order chi connectivity index (χ1) is 11.3. The topological polar surface area (TPSA) is 116 Å². The first kappa shape index (κ1) is 15.9. The molecule has 2 aromatic rings. The molecule has 1 amide bonds. The zero-order valence-corrected chi connectivity index (χ0v) is 13.1. The van der Waals surface area contributed by atoms with E-state index in [0.717, 1.165) is 6.07 Å². The summed E-state index contributed by atoms with van der Waals surface area (Å²) in [4.78, 5) is 21.4. The first-order valence-corrected chi connectivity index (χ1v) is 8.38. The van der Waals surface area contributed by atoms with Gasteiger partial charge in [-0.2, -0.15) is 8.42 Å². The Morgan fingerprint density at radius 1 is 1.12 bits per heavy atom. The maximum Gasteiger partial charge on any atom is 0.339 e. The Bertz CT molecular complexity index is 939. The third kappa shape index (κ3) is 3.20. The summed E-state index contributed by atoms with van der Waals surface area (Å²) in [7, 11) is -4.14. The van der Waals surface area contributed by atoms with Gasteiger partial charge in [-0.15, -0.1) is 0 Å².